The third-order valence-corrected chi connectivity index (χ3v) is 3.01. The molecule has 0 spiro atoms. The molecule has 0 saturated carbocycles. The molecule has 1 atom stereocenters. The second-order valence-corrected chi connectivity index (χ2v) is 4.64. The van der Waals surface area contributed by atoms with Crippen molar-refractivity contribution in [1.29, 1.82) is 0 Å². The number of halogens is 2. The molecule has 0 bridgehead atoms. The molecule has 0 saturated heterocycles. The SMILES string of the molecule is C[C@H](NC(=O)/C=C/c1ccccc1)c1ccc(F)cc1F. The van der Waals surface area contributed by atoms with Crippen molar-refractivity contribution in [2.75, 3.05) is 0 Å². The summed E-state index contributed by atoms with van der Waals surface area (Å²) in [5.41, 5.74) is 1.14. The predicted molar refractivity (Wildman–Crippen MR) is 78.4 cm³/mol. The molecule has 0 aliphatic rings. The van der Waals surface area contributed by atoms with Crippen LogP contribution in [0.1, 0.15) is 24.1 Å². The topological polar surface area (TPSA) is 29.1 Å². The van der Waals surface area contributed by atoms with Gasteiger partial charge in [0.2, 0.25) is 5.91 Å². The van der Waals surface area contributed by atoms with E-state index in [1.807, 2.05) is 30.3 Å². The predicted octanol–water partition coefficient (Wildman–Crippen LogP) is 3.86. The first-order valence-electron chi connectivity index (χ1n) is 6.55. The van der Waals surface area contributed by atoms with Crippen LogP contribution in [0.4, 0.5) is 8.78 Å². The lowest BCUT2D eigenvalue weighted by Gasteiger charge is -2.13. The van der Waals surface area contributed by atoms with Gasteiger partial charge in [-0.3, -0.25) is 4.79 Å². The van der Waals surface area contributed by atoms with Gasteiger partial charge in [-0.15, -0.1) is 0 Å². The molecule has 2 rings (SSSR count). The number of carbonyl (C=O) groups excluding carboxylic acids is 1. The van der Waals surface area contributed by atoms with Gasteiger partial charge in [-0.2, -0.15) is 0 Å². The normalized spacial score (nSPS) is 12.3. The number of rotatable bonds is 4. The summed E-state index contributed by atoms with van der Waals surface area (Å²) in [5.74, 6) is -1.65. The Hall–Kier alpha value is -2.49. The van der Waals surface area contributed by atoms with Crippen LogP contribution in [-0.4, -0.2) is 5.91 Å². The van der Waals surface area contributed by atoms with Gasteiger partial charge >= 0.3 is 0 Å². The van der Waals surface area contributed by atoms with Crippen LogP contribution in [0.3, 0.4) is 0 Å². The smallest absolute Gasteiger partial charge is 0.244 e. The molecule has 2 aromatic carbocycles. The average molecular weight is 287 g/mol. The second kappa shape index (κ2) is 6.79. The highest BCUT2D eigenvalue weighted by Crippen LogP contribution is 2.17. The first kappa shape index (κ1) is 14.9. The fraction of sp³-hybridized carbons (Fsp3) is 0.118. The van der Waals surface area contributed by atoms with Gasteiger partial charge < -0.3 is 5.32 Å². The molecule has 0 heterocycles. The standard InChI is InChI=1S/C17H15F2NO/c1-12(15-9-8-14(18)11-16(15)19)20-17(21)10-7-13-5-3-2-4-6-13/h2-12H,1H3,(H,20,21)/b10-7+/t12-/m0/s1. The first-order valence-corrected chi connectivity index (χ1v) is 6.55. The average Bonchev–Trinajstić information content (AvgIpc) is 2.46. The summed E-state index contributed by atoms with van der Waals surface area (Å²) in [7, 11) is 0. The number of carbonyl (C=O) groups is 1. The Labute approximate surface area is 122 Å². The zero-order valence-electron chi connectivity index (χ0n) is 11.5. The van der Waals surface area contributed by atoms with Crippen LogP contribution in [0, 0.1) is 11.6 Å². The Kier molecular flexibility index (Phi) is 4.82. The molecule has 2 nitrogen and oxygen atoms in total. The molecule has 108 valence electrons. The van der Waals surface area contributed by atoms with Crippen molar-refractivity contribution in [1.82, 2.24) is 5.32 Å². The second-order valence-electron chi connectivity index (χ2n) is 4.64. The number of hydrogen-bond donors (Lipinski definition) is 1. The summed E-state index contributed by atoms with van der Waals surface area (Å²) >= 11 is 0. The Balaban J connectivity index is 2.00. The van der Waals surface area contributed by atoms with Gasteiger partial charge in [0.1, 0.15) is 11.6 Å². The monoisotopic (exact) mass is 287 g/mol. The van der Waals surface area contributed by atoms with Crippen molar-refractivity contribution in [3.05, 3.63) is 77.4 Å². The van der Waals surface area contributed by atoms with Gasteiger partial charge in [-0.1, -0.05) is 36.4 Å². The lowest BCUT2D eigenvalue weighted by Crippen LogP contribution is -2.25. The van der Waals surface area contributed by atoms with Crippen molar-refractivity contribution in [3.8, 4) is 0 Å². The molecule has 0 fully saturated rings. The minimum Gasteiger partial charge on any atom is -0.346 e. The van der Waals surface area contributed by atoms with Crippen LogP contribution in [0.15, 0.2) is 54.6 Å². The molecule has 21 heavy (non-hydrogen) atoms. The molecule has 0 aromatic heterocycles. The van der Waals surface area contributed by atoms with E-state index >= 15 is 0 Å². The third kappa shape index (κ3) is 4.24. The van der Waals surface area contributed by atoms with Crippen molar-refractivity contribution in [3.63, 3.8) is 0 Å². The molecular formula is C17H15F2NO. The van der Waals surface area contributed by atoms with Crippen molar-refractivity contribution < 1.29 is 13.6 Å². The molecule has 1 N–H and O–H groups in total. The van der Waals surface area contributed by atoms with E-state index in [0.717, 1.165) is 11.6 Å². The molecule has 2 aromatic rings. The Morgan fingerprint density at radius 1 is 1.14 bits per heavy atom. The largest absolute Gasteiger partial charge is 0.346 e. The van der Waals surface area contributed by atoms with Crippen molar-refractivity contribution >= 4 is 12.0 Å². The molecule has 0 unspecified atom stereocenters. The minimum absolute atomic E-state index is 0.248. The van der Waals surface area contributed by atoms with E-state index in [1.54, 1.807) is 13.0 Å². The van der Waals surface area contributed by atoms with Crippen LogP contribution in [0.5, 0.6) is 0 Å². The Morgan fingerprint density at radius 3 is 2.52 bits per heavy atom. The highest BCUT2D eigenvalue weighted by Gasteiger charge is 2.12. The molecule has 0 aliphatic carbocycles. The maximum atomic E-state index is 13.6. The number of benzene rings is 2. The highest BCUT2D eigenvalue weighted by molar-refractivity contribution is 5.91. The van der Waals surface area contributed by atoms with Crippen LogP contribution in [-0.2, 0) is 4.79 Å². The fourth-order valence-electron chi connectivity index (χ4n) is 1.93. The Bertz CT molecular complexity index is 653. The quantitative estimate of drug-likeness (QED) is 0.850. The van der Waals surface area contributed by atoms with E-state index in [0.29, 0.717) is 0 Å². The zero-order valence-corrected chi connectivity index (χ0v) is 11.5. The lowest BCUT2D eigenvalue weighted by atomic mass is 10.1. The van der Waals surface area contributed by atoms with E-state index in [-0.39, 0.29) is 11.5 Å². The minimum atomic E-state index is -0.671. The van der Waals surface area contributed by atoms with Gasteiger partial charge in [-0.05, 0) is 24.6 Å². The highest BCUT2D eigenvalue weighted by atomic mass is 19.1. The zero-order chi connectivity index (χ0) is 15.2. The van der Waals surface area contributed by atoms with Gasteiger partial charge in [0, 0.05) is 17.7 Å². The summed E-state index contributed by atoms with van der Waals surface area (Å²) < 4.78 is 26.4. The third-order valence-electron chi connectivity index (χ3n) is 3.01. The van der Waals surface area contributed by atoms with Gasteiger partial charge in [0.05, 0.1) is 6.04 Å². The molecule has 1 amide bonds. The van der Waals surface area contributed by atoms with Crippen LogP contribution >= 0.6 is 0 Å². The van der Waals surface area contributed by atoms with Crippen LogP contribution < -0.4 is 5.32 Å². The molecule has 4 heteroatoms. The molecule has 0 aliphatic heterocycles. The first-order chi connectivity index (χ1) is 10.1. The number of hydrogen-bond acceptors (Lipinski definition) is 1. The molecular weight excluding hydrogens is 272 g/mol. The van der Waals surface area contributed by atoms with E-state index in [2.05, 4.69) is 5.32 Å². The maximum absolute atomic E-state index is 13.6. The van der Waals surface area contributed by atoms with Crippen molar-refractivity contribution in [2.24, 2.45) is 0 Å². The summed E-state index contributed by atoms with van der Waals surface area (Å²) in [6.45, 7) is 1.64. The van der Waals surface area contributed by atoms with Gasteiger partial charge in [0.25, 0.3) is 0 Å². The maximum Gasteiger partial charge on any atom is 0.244 e. The van der Waals surface area contributed by atoms with Gasteiger partial charge in [-0.25, -0.2) is 8.78 Å². The Morgan fingerprint density at radius 2 is 1.86 bits per heavy atom. The fourth-order valence-corrected chi connectivity index (χ4v) is 1.93. The summed E-state index contributed by atoms with van der Waals surface area (Å²) in [5, 5.41) is 2.64. The van der Waals surface area contributed by atoms with E-state index < -0.39 is 17.7 Å². The number of amides is 1. The van der Waals surface area contributed by atoms with E-state index in [1.165, 1.54) is 18.2 Å². The van der Waals surface area contributed by atoms with Crippen molar-refractivity contribution in [2.45, 2.75) is 13.0 Å². The van der Waals surface area contributed by atoms with E-state index in [4.69, 9.17) is 0 Å². The summed E-state index contributed by atoms with van der Waals surface area (Å²) in [4.78, 5) is 11.8. The van der Waals surface area contributed by atoms with Crippen LogP contribution in [0.25, 0.3) is 6.08 Å². The summed E-state index contributed by atoms with van der Waals surface area (Å²) in [6.07, 6.45) is 3.05. The van der Waals surface area contributed by atoms with E-state index in [9.17, 15) is 13.6 Å². The molecule has 0 radical (unpaired) electrons. The van der Waals surface area contributed by atoms with Gasteiger partial charge in [0.15, 0.2) is 0 Å². The number of nitrogens with one attached hydrogen (secondary N) is 1. The summed E-state index contributed by atoms with van der Waals surface area (Å²) in [6, 6.07) is 12.1. The lowest BCUT2D eigenvalue weighted by molar-refractivity contribution is -0.117. The van der Waals surface area contributed by atoms with Crippen LogP contribution in [0.2, 0.25) is 0 Å².